The molecule has 1 aliphatic carbocycles. The third-order valence-electron chi connectivity index (χ3n) is 8.03. The summed E-state index contributed by atoms with van der Waals surface area (Å²) in [7, 11) is 1.36. The van der Waals surface area contributed by atoms with Gasteiger partial charge in [-0.3, -0.25) is 0 Å². The molecule has 0 amide bonds. The Morgan fingerprint density at radius 1 is 1.10 bits per heavy atom. The van der Waals surface area contributed by atoms with Gasteiger partial charge in [-0.1, -0.05) is 23.4 Å². The molecule has 10 heteroatoms. The molecule has 7 nitrogen and oxygen atoms in total. The summed E-state index contributed by atoms with van der Waals surface area (Å²) in [4.78, 5) is 19.1. The van der Waals surface area contributed by atoms with E-state index in [0.29, 0.717) is 16.9 Å². The van der Waals surface area contributed by atoms with Crippen molar-refractivity contribution in [3.8, 4) is 11.3 Å². The van der Waals surface area contributed by atoms with Crippen molar-refractivity contribution in [2.75, 3.05) is 12.0 Å². The van der Waals surface area contributed by atoms with Crippen LogP contribution in [0.3, 0.4) is 0 Å². The van der Waals surface area contributed by atoms with Gasteiger partial charge in [0.25, 0.3) is 0 Å². The van der Waals surface area contributed by atoms with Crippen LogP contribution >= 0.6 is 0 Å². The van der Waals surface area contributed by atoms with E-state index in [1.165, 1.54) is 19.2 Å². The molecular formula is C29H30F3N3O4. The summed E-state index contributed by atoms with van der Waals surface area (Å²) in [5.41, 5.74) is 1.34. The standard InChI is InChI=1S/C29H30F3N3O4/c1-16-11-18(28(36)37-2)12-25(33-16)35-19-9-10-20(35)14-21(13-19)38-15-23-26(34-39-27(23)17-7-8-17)22-5-3-4-6-24(22)29(30,31)32/h3-6,11-12,17,19-21H,7-10,13-15H2,1-2H3/t19-,20+,21-. The molecule has 1 saturated carbocycles. The molecule has 39 heavy (non-hydrogen) atoms. The summed E-state index contributed by atoms with van der Waals surface area (Å²) in [5.74, 6) is 1.19. The Morgan fingerprint density at radius 2 is 1.82 bits per heavy atom. The molecule has 0 spiro atoms. The number of halogens is 3. The predicted molar refractivity (Wildman–Crippen MR) is 136 cm³/mol. The van der Waals surface area contributed by atoms with Crippen LogP contribution in [-0.4, -0.2) is 41.4 Å². The number of aryl methyl sites for hydroxylation is 1. The molecule has 2 saturated heterocycles. The van der Waals surface area contributed by atoms with E-state index in [0.717, 1.165) is 56.1 Å². The first kappa shape index (κ1) is 25.9. The number of carbonyl (C=O) groups excluding carboxylic acids is 1. The predicted octanol–water partition coefficient (Wildman–Crippen LogP) is 6.44. The lowest BCUT2D eigenvalue weighted by Crippen LogP contribution is -2.46. The van der Waals surface area contributed by atoms with Crippen molar-refractivity contribution in [2.45, 2.75) is 82.3 Å². The monoisotopic (exact) mass is 541 g/mol. The zero-order valence-corrected chi connectivity index (χ0v) is 21.8. The third-order valence-corrected chi connectivity index (χ3v) is 8.03. The lowest BCUT2D eigenvalue weighted by Gasteiger charge is -2.40. The number of pyridine rings is 1. The minimum atomic E-state index is -4.50. The van der Waals surface area contributed by atoms with Crippen molar-refractivity contribution < 1.29 is 32.0 Å². The van der Waals surface area contributed by atoms with Crippen molar-refractivity contribution in [3.63, 3.8) is 0 Å². The Morgan fingerprint density at radius 3 is 2.49 bits per heavy atom. The average Bonchev–Trinajstić information content (AvgIpc) is 3.61. The molecule has 0 N–H and O–H groups in total. The van der Waals surface area contributed by atoms with Crippen molar-refractivity contribution in [3.05, 3.63) is 64.5 Å². The molecule has 1 aromatic carbocycles. The number of esters is 1. The summed E-state index contributed by atoms with van der Waals surface area (Å²) in [5, 5.41) is 4.11. The number of methoxy groups -OCH3 is 1. The van der Waals surface area contributed by atoms with Gasteiger partial charge < -0.3 is 18.9 Å². The fourth-order valence-electron chi connectivity index (χ4n) is 6.13. The number of hydrogen-bond donors (Lipinski definition) is 0. The maximum Gasteiger partial charge on any atom is 0.417 e. The number of anilines is 1. The van der Waals surface area contributed by atoms with Gasteiger partial charge in [0.2, 0.25) is 0 Å². The number of aromatic nitrogens is 2. The summed E-state index contributed by atoms with van der Waals surface area (Å²) in [6.07, 6.45) is 0.797. The smallest absolute Gasteiger partial charge is 0.417 e. The highest BCUT2D eigenvalue weighted by Crippen LogP contribution is 2.46. The maximum absolute atomic E-state index is 13.8. The molecule has 3 fully saturated rings. The highest BCUT2D eigenvalue weighted by Gasteiger charge is 2.43. The van der Waals surface area contributed by atoms with Crippen molar-refractivity contribution in [1.29, 1.82) is 0 Å². The fraction of sp³-hybridized carbons (Fsp3) is 0.483. The summed E-state index contributed by atoms with van der Waals surface area (Å²) in [6, 6.07) is 9.38. The SMILES string of the molecule is COC(=O)c1cc(C)nc(N2[C@@H]3CC[C@H]2C[C@H](OCc2c(-c4ccccc4C(F)(F)F)noc2C2CC2)C3)c1. The lowest BCUT2D eigenvalue weighted by molar-refractivity contribution is -0.137. The molecule has 3 aliphatic rings. The molecule has 3 atom stereocenters. The first-order valence-electron chi connectivity index (χ1n) is 13.3. The van der Waals surface area contributed by atoms with Crippen LogP contribution in [0.2, 0.25) is 0 Å². The number of rotatable bonds is 7. The van der Waals surface area contributed by atoms with Crippen LogP contribution in [0.1, 0.15) is 77.4 Å². The average molecular weight is 542 g/mol. The number of hydrogen-bond acceptors (Lipinski definition) is 7. The Kier molecular flexibility index (Phi) is 6.61. The van der Waals surface area contributed by atoms with E-state index in [1.54, 1.807) is 18.2 Å². The van der Waals surface area contributed by atoms with Gasteiger partial charge in [-0.05, 0) is 63.6 Å². The van der Waals surface area contributed by atoms with Crippen LogP contribution in [0.15, 0.2) is 40.9 Å². The highest BCUT2D eigenvalue weighted by atomic mass is 19.4. The molecule has 2 aromatic heterocycles. The molecule has 3 aromatic rings. The molecule has 2 bridgehead atoms. The fourth-order valence-corrected chi connectivity index (χ4v) is 6.13. The second-order valence-electron chi connectivity index (χ2n) is 10.7. The quantitative estimate of drug-likeness (QED) is 0.318. The topological polar surface area (TPSA) is 77.7 Å². The van der Waals surface area contributed by atoms with Gasteiger partial charge in [0.05, 0.1) is 30.9 Å². The van der Waals surface area contributed by atoms with E-state index in [9.17, 15) is 18.0 Å². The van der Waals surface area contributed by atoms with Crippen LogP contribution in [-0.2, 0) is 22.3 Å². The van der Waals surface area contributed by atoms with Crippen LogP contribution in [0.25, 0.3) is 11.3 Å². The number of alkyl halides is 3. The van der Waals surface area contributed by atoms with Gasteiger partial charge in [-0.15, -0.1) is 0 Å². The Balaban J connectivity index is 1.22. The number of ether oxygens (including phenoxy) is 2. The van der Waals surface area contributed by atoms with E-state index in [4.69, 9.17) is 19.0 Å². The second kappa shape index (κ2) is 9.97. The zero-order valence-electron chi connectivity index (χ0n) is 21.8. The number of fused-ring (bicyclic) bond motifs is 2. The van der Waals surface area contributed by atoms with E-state index < -0.39 is 17.7 Å². The van der Waals surface area contributed by atoms with Gasteiger partial charge in [0.15, 0.2) is 0 Å². The Bertz CT molecular complexity index is 1370. The van der Waals surface area contributed by atoms with Crippen LogP contribution < -0.4 is 4.90 Å². The molecule has 0 unspecified atom stereocenters. The van der Waals surface area contributed by atoms with Crippen molar-refractivity contribution in [2.24, 2.45) is 0 Å². The van der Waals surface area contributed by atoms with E-state index in [-0.39, 0.29) is 42.0 Å². The van der Waals surface area contributed by atoms with Gasteiger partial charge in [-0.2, -0.15) is 13.2 Å². The molecule has 2 aliphatic heterocycles. The molecule has 4 heterocycles. The largest absolute Gasteiger partial charge is 0.465 e. The van der Waals surface area contributed by atoms with Gasteiger partial charge in [0.1, 0.15) is 17.3 Å². The van der Waals surface area contributed by atoms with E-state index in [1.807, 2.05) is 6.92 Å². The van der Waals surface area contributed by atoms with E-state index >= 15 is 0 Å². The van der Waals surface area contributed by atoms with E-state index in [2.05, 4.69) is 10.1 Å². The number of carbonyl (C=O) groups is 1. The number of benzene rings is 1. The first-order valence-corrected chi connectivity index (χ1v) is 13.3. The molecular weight excluding hydrogens is 511 g/mol. The van der Waals surface area contributed by atoms with Crippen molar-refractivity contribution in [1.82, 2.24) is 10.1 Å². The Labute approximate surface area is 224 Å². The zero-order chi connectivity index (χ0) is 27.3. The first-order chi connectivity index (χ1) is 18.7. The van der Waals surface area contributed by atoms with Gasteiger partial charge >= 0.3 is 12.1 Å². The molecule has 6 rings (SSSR count). The third kappa shape index (κ3) is 5.02. The normalized spacial score (nSPS) is 22.8. The number of piperidine rings is 1. The summed E-state index contributed by atoms with van der Waals surface area (Å²) < 4.78 is 58.3. The van der Waals surface area contributed by atoms with Gasteiger partial charge in [0, 0.05) is 34.8 Å². The summed E-state index contributed by atoms with van der Waals surface area (Å²) >= 11 is 0. The highest BCUT2D eigenvalue weighted by molar-refractivity contribution is 5.90. The minimum absolute atomic E-state index is 0.0149. The molecule has 206 valence electrons. The van der Waals surface area contributed by atoms with Gasteiger partial charge in [-0.25, -0.2) is 9.78 Å². The summed E-state index contributed by atoms with van der Waals surface area (Å²) in [6.45, 7) is 2.01. The van der Waals surface area contributed by atoms with Crippen LogP contribution in [0.4, 0.5) is 19.0 Å². The van der Waals surface area contributed by atoms with Crippen LogP contribution in [0.5, 0.6) is 0 Å². The number of nitrogens with zero attached hydrogens (tertiary/aromatic N) is 3. The molecule has 0 radical (unpaired) electrons. The second-order valence-corrected chi connectivity index (χ2v) is 10.7. The van der Waals surface area contributed by atoms with Crippen LogP contribution in [0, 0.1) is 6.92 Å². The minimum Gasteiger partial charge on any atom is -0.465 e. The lowest BCUT2D eigenvalue weighted by atomic mass is 9.98. The maximum atomic E-state index is 13.8. The van der Waals surface area contributed by atoms with Crippen molar-refractivity contribution >= 4 is 11.8 Å². The Hall–Kier alpha value is -3.40.